The zero-order valence-electron chi connectivity index (χ0n) is 21.3. The molecule has 5 aromatic rings. The highest BCUT2D eigenvalue weighted by Gasteiger charge is 2.30. The van der Waals surface area contributed by atoms with Gasteiger partial charge in [0.25, 0.3) is 0 Å². The number of hydrogen-bond acceptors (Lipinski definition) is 4. The number of hydrogen-bond donors (Lipinski definition) is 2. The number of carboxylic acids is 1. The number of ether oxygens (including phenoxy) is 2. The van der Waals surface area contributed by atoms with Crippen molar-refractivity contribution >= 4 is 27.9 Å². The molecule has 0 amide bonds. The number of benzene rings is 3. The summed E-state index contributed by atoms with van der Waals surface area (Å²) >= 11 is 0. The Bertz CT molecular complexity index is 1690. The first-order valence-corrected chi connectivity index (χ1v) is 13.3. The van der Waals surface area contributed by atoms with Gasteiger partial charge in [0.05, 0.1) is 30.4 Å². The van der Waals surface area contributed by atoms with Crippen LogP contribution in [0.1, 0.15) is 53.9 Å². The van der Waals surface area contributed by atoms with E-state index in [0.29, 0.717) is 24.6 Å². The molecule has 192 valence electrons. The molecule has 1 aliphatic carbocycles. The number of fused-ring (bicyclic) bond motifs is 7. The third-order valence-electron chi connectivity index (χ3n) is 8.16. The molecule has 0 saturated heterocycles. The van der Waals surface area contributed by atoms with E-state index in [2.05, 4.69) is 21.7 Å². The molecular formula is C31H29N3O4. The van der Waals surface area contributed by atoms with Crippen molar-refractivity contribution in [2.24, 2.45) is 0 Å². The van der Waals surface area contributed by atoms with Crippen molar-refractivity contribution in [1.29, 1.82) is 0 Å². The predicted molar refractivity (Wildman–Crippen MR) is 147 cm³/mol. The van der Waals surface area contributed by atoms with Crippen LogP contribution in [0.25, 0.3) is 44.6 Å². The Morgan fingerprint density at radius 1 is 1.08 bits per heavy atom. The molecule has 3 heterocycles. The van der Waals surface area contributed by atoms with Gasteiger partial charge in [0, 0.05) is 22.0 Å². The van der Waals surface area contributed by atoms with E-state index in [4.69, 9.17) is 14.5 Å². The standard InChI is InChI=1S/C31H29N3O4/c1-37-21-10-7-19(8-11-21)30-32-24-14-13-23-28-26(18-5-3-2-4-6-18)22-12-9-20(31(35)36)17-25(22)34(28)15-16-38-29(23)27(24)33-30/h7-14,17-18H,2-6,15-16H2,1H3,(H,32,33)(H,35,36). The smallest absolute Gasteiger partial charge is 0.335 e. The summed E-state index contributed by atoms with van der Waals surface area (Å²) in [6.07, 6.45) is 6.01. The monoisotopic (exact) mass is 507 g/mol. The maximum Gasteiger partial charge on any atom is 0.335 e. The van der Waals surface area contributed by atoms with Gasteiger partial charge in [0.1, 0.15) is 23.7 Å². The molecule has 7 rings (SSSR count). The summed E-state index contributed by atoms with van der Waals surface area (Å²) in [5.41, 5.74) is 7.52. The maximum atomic E-state index is 11.8. The quantitative estimate of drug-likeness (QED) is 0.273. The lowest BCUT2D eigenvalue weighted by atomic mass is 9.81. The van der Waals surface area contributed by atoms with Crippen LogP contribution in [0, 0.1) is 0 Å². The molecule has 1 fully saturated rings. The number of aromatic amines is 1. The van der Waals surface area contributed by atoms with E-state index in [-0.39, 0.29) is 0 Å². The fourth-order valence-corrected chi connectivity index (χ4v) is 6.35. The predicted octanol–water partition coefficient (Wildman–Crippen LogP) is 7.00. The Hall–Kier alpha value is -4.26. The van der Waals surface area contributed by atoms with E-state index in [1.54, 1.807) is 13.2 Å². The minimum Gasteiger partial charge on any atom is -0.497 e. The number of carbonyl (C=O) groups is 1. The largest absolute Gasteiger partial charge is 0.497 e. The molecule has 1 saturated carbocycles. The molecule has 1 aliphatic heterocycles. The van der Waals surface area contributed by atoms with Gasteiger partial charge in [-0.15, -0.1) is 0 Å². The van der Waals surface area contributed by atoms with E-state index < -0.39 is 5.97 Å². The molecule has 0 radical (unpaired) electrons. The summed E-state index contributed by atoms with van der Waals surface area (Å²) in [7, 11) is 1.66. The summed E-state index contributed by atoms with van der Waals surface area (Å²) in [5.74, 6) is 1.93. The Labute approximate surface area is 220 Å². The fraction of sp³-hybridized carbons (Fsp3) is 0.290. The van der Waals surface area contributed by atoms with Crippen molar-refractivity contribution in [3.8, 4) is 34.1 Å². The Morgan fingerprint density at radius 3 is 2.66 bits per heavy atom. The molecule has 0 spiro atoms. The second kappa shape index (κ2) is 8.94. The molecule has 2 N–H and O–H groups in total. The number of methoxy groups -OCH3 is 1. The molecule has 38 heavy (non-hydrogen) atoms. The molecular weight excluding hydrogens is 478 g/mol. The Balaban J connectivity index is 1.46. The van der Waals surface area contributed by atoms with E-state index in [1.165, 1.54) is 24.8 Å². The lowest BCUT2D eigenvalue weighted by Gasteiger charge is -2.23. The summed E-state index contributed by atoms with van der Waals surface area (Å²) in [5, 5.41) is 10.9. The van der Waals surface area contributed by atoms with Crippen LogP contribution in [0.2, 0.25) is 0 Å². The first-order chi connectivity index (χ1) is 18.6. The van der Waals surface area contributed by atoms with Crippen LogP contribution in [0.15, 0.2) is 54.6 Å². The molecule has 3 aromatic carbocycles. The van der Waals surface area contributed by atoms with Crippen LogP contribution >= 0.6 is 0 Å². The second-order valence-electron chi connectivity index (χ2n) is 10.3. The molecule has 7 nitrogen and oxygen atoms in total. The number of H-pyrrole nitrogens is 1. The van der Waals surface area contributed by atoms with E-state index in [0.717, 1.165) is 68.9 Å². The van der Waals surface area contributed by atoms with Gasteiger partial charge >= 0.3 is 5.97 Å². The molecule has 0 bridgehead atoms. The van der Waals surface area contributed by atoms with Crippen LogP contribution in [0.5, 0.6) is 11.5 Å². The topological polar surface area (TPSA) is 89.4 Å². The summed E-state index contributed by atoms with van der Waals surface area (Å²) in [4.78, 5) is 20.2. The molecule has 2 aromatic heterocycles. The number of carboxylic acid groups (broad SMARTS) is 1. The average molecular weight is 508 g/mol. The minimum absolute atomic E-state index is 0.312. The highest BCUT2D eigenvalue weighted by molar-refractivity contribution is 6.01. The summed E-state index contributed by atoms with van der Waals surface area (Å²) in [6, 6.07) is 17.6. The molecule has 2 aliphatic rings. The second-order valence-corrected chi connectivity index (χ2v) is 10.3. The first-order valence-electron chi connectivity index (χ1n) is 13.3. The summed E-state index contributed by atoms with van der Waals surface area (Å²) in [6.45, 7) is 1.14. The van der Waals surface area contributed by atoms with E-state index >= 15 is 0 Å². The van der Waals surface area contributed by atoms with Gasteiger partial charge in [-0.3, -0.25) is 0 Å². The number of rotatable bonds is 4. The van der Waals surface area contributed by atoms with Gasteiger partial charge in [-0.1, -0.05) is 25.3 Å². The van der Waals surface area contributed by atoms with Crippen LogP contribution in [-0.4, -0.2) is 39.3 Å². The number of nitrogens with one attached hydrogen (secondary N) is 1. The van der Waals surface area contributed by atoms with E-state index in [1.807, 2.05) is 36.4 Å². The van der Waals surface area contributed by atoms with Crippen LogP contribution in [0.4, 0.5) is 0 Å². The van der Waals surface area contributed by atoms with Gasteiger partial charge in [-0.25, -0.2) is 9.78 Å². The fourth-order valence-electron chi connectivity index (χ4n) is 6.35. The molecule has 0 atom stereocenters. The highest BCUT2D eigenvalue weighted by Crippen LogP contribution is 2.48. The van der Waals surface area contributed by atoms with Crippen molar-refractivity contribution in [3.05, 3.63) is 65.7 Å². The number of nitrogens with zero attached hydrogens (tertiary/aromatic N) is 2. The lowest BCUT2D eigenvalue weighted by Crippen LogP contribution is -2.07. The van der Waals surface area contributed by atoms with Crippen LogP contribution in [0.3, 0.4) is 0 Å². The minimum atomic E-state index is -0.905. The number of aromatic carboxylic acids is 1. The maximum absolute atomic E-state index is 11.8. The normalized spacial score (nSPS) is 15.6. The van der Waals surface area contributed by atoms with Crippen molar-refractivity contribution < 1.29 is 19.4 Å². The highest BCUT2D eigenvalue weighted by atomic mass is 16.5. The molecule has 0 unspecified atom stereocenters. The van der Waals surface area contributed by atoms with Crippen molar-refractivity contribution in [1.82, 2.24) is 14.5 Å². The Kier molecular flexibility index (Phi) is 5.39. The first kappa shape index (κ1) is 22.9. The van der Waals surface area contributed by atoms with E-state index in [9.17, 15) is 9.90 Å². The van der Waals surface area contributed by atoms with Crippen LogP contribution < -0.4 is 9.47 Å². The van der Waals surface area contributed by atoms with Gasteiger partial charge in [0.2, 0.25) is 0 Å². The van der Waals surface area contributed by atoms with Crippen molar-refractivity contribution in [2.75, 3.05) is 13.7 Å². The zero-order valence-corrected chi connectivity index (χ0v) is 21.3. The van der Waals surface area contributed by atoms with Gasteiger partial charge in [-0.2, -0.15) is 0 Å². The summed E-state index contributed by atoms with van der Waals surface area (Å²) < 4.78 is 14.0. The van der Waals surface area contributed by atoms with Crippen molar-refractivity contribution in [2.45, 2.75) is 44.6 Å². The third-order valence-corrected chi connectivity index (χ3v) is 8.16. The van der Waals surface area contributed by atoms with Gasteiger partial charge < -0.3 is 24.1 Å². The SMILES string of the molecule is COc1ccc(-c2nc3ccc4c(c3[nH]2)OCCn2c-4c(C3CCCCC3)c3ccc(C(=O)O)cc32)cc1. The number of aromatic nitrogens is 3. The Morgan fingerprint density at radius 2 is 1.89 bits per heavy atom. The van der Waals surface area contributed by atoms with Crippen LogP contribution in [-0.2, 0) is 6.54 Å². The average Bonchev–Trinajstić information content (AvgIpc) is 3.47. The van der Waals surface area contributed by atoms with Gasteiger partial charge in [0.15, 0.2) is 5.75 Å². The van der Waals surface area contributed by atoms with Gasteiger partial charge in [-0.05, 0) is 72.9 Å². The third kappa shape index (κ3) is 3.56. The van der Waals surface area contributed by atoms with Crippen molar-refractivity contribution in [3.63, 3.8) is 0 Å². The zero-order chi connectivity index (χ0) is 25.8. The lowest BCUT2D eigenvalue weighted by molar-refractivity contribution is 0.0697. The number of imidazole rings is 1. The molecule has 7 heteroatoms.